The Kier molecular flexibility index (Phi) is 2.48. The molecular formula is C14H15N5. The summed E-state index contributed by atoms with van der Waals surface area (Å²) in [4.78, 5) is 4.13. The molecule has 0 saturated heterocycles. The average Bonchev–Trinajstić information content (AvgIpc) is 2.83. The summed E-state index contributed by atoms with van der Waals surface area (Å²) in [7, 11) is 0. The van der Waals surface area contributed by atoms with Crippen molar-refractivity contribution < 1.29 is 0 Å². The SMILES string of the molecule is CC(C)(c1ccc(N)cc1)c1nnc2ccncn12. The molecular weight excluding hydrogens is 238 g/mol. The number of hydrogen-bond acceptors (Lipinski definition) is 4. The van der Waals surface area contributed by atoms with Gasteiger partial charge in [0.05, 0.1) is 5.41 Å². The molecule has 1 aromatic carbocycles. The van der Waals surface area contributed by atoms with E-state index < -0.39 is 0 Å². The van der Waals surface area contributed by atoms with E-state index in [2.05, 4.69) is 29.0 Å². The summed E-state index contributed by atoms with van der Waals surface area (Å²) in [6.07, 6.45) is 3.45. The molecule has 2 heterocycles. The van der Waals surface area contributed by atoms with Gasteiger partial charge >= 0.3 is 0 Å². The smallest absolute Gasteiger partial charge is 0.163 e. The molecule has 5 nitrogen and oxygen atoms in total. The molecule has 5 heteroatoms. The highest BCUT2D eigenvalue weighted by molar-refractivity contribution is 5.45. The van der Waals surface area contributed by atoms with Gasteiger partial charge in [0, 0.05) is 18.0 Å². The van der Waals surface area contributed by atoms with Gasteiger partial charge in [-0.3, -0.25) is 4.40 Å². The van der Waals surface area contributed by atoms with Crippen LogP contribution in [0.4, 0.5) is 5.69 Å². The first-order valence-corrected chi connectivity index (χ1v) is 6.10. The molecule has 0 aliphatic heterocycles. The van der Waals surface area contributed by atoms with Crippen LogP contribution in [0.3, 0.4) is 0 Å². The summed E-state index contributed by atoms with van der Waals surface area (Å²) in [6.45, 7) is 4.23. The fourth-order valence-electron chi connectivity index (χ4n) is 2.20. The van der Waals surface area contributed by atoms with E-state index in [1.165, 1.54) is 0 Å². The van der Waals surface area contributed by atoms with E-state index in [-0.39, 0.29) is 5.41 Å². The molecule has 2 N–H and O–H groups in total. The molecule has 0 fully saturated rings. The lowest BCUT2D eigenvalue weighted by Crippen LogP contribution is -2.22. The zero-order valence-corrected chi connectivity index (χ0v) is 10.9. The van der Waals surface area contributed by atoms with Crippen molar-refractivity contribution in [3.8, 4) is 0 Å². The number of hydrogen-bond donors (Lipinski definition) is 1. The van der Waals surface area contributed by atoms with Gasteiger partial charge in [0.2, 0.25) is 0 Å². The molecule has 0 radical (unpaired) electrons. The van der Waals surface area contributed by atoms with E-state index in [0.717, 1.165) is 22.7 Å². The van der Waals surface area contributed by atoms with Gasteiger partial charge in [-0.2, -0.15) is 0 Å². The number of nitrogen functional groups attached to an aromatic ring is 1. The van der Waals surface area contributed by atoms with Gasteiger partial charge < -0.3 is 5.73 Å². The first-order chi connectivity index (χ1) is 9.09. The average molecular weight is 253 g/mol. The Labute approximate surface area is 111 Å². The Morgan fingerprint density at radius 3 is 2.53 bits per heavy atom. The number of nitrogens with two attached hydrogens (primary N) is 1. The van der Waals surface area contributed by atoms with Gasteiger partial charge in [-0.05, 0) is 31.5 Å². The Morgan fingerprint density at radius 2 is 1.79 bits per heavy atom. The van der Waals surface area contributed by atoms with Crippen LogP contribution in [0.1, 0.15) is 25.2 Å². The van der Waals surface area contributed by atoms with E-state index >= 15 is 0 Å². The van der Waals surface area contributed by atoms with Crippen LogP contribution < -0.4 is 5.73 Å². The highest BCUT2D eigenvalue weighted by Crippen LogP contribution is 2.30. The first-order valence-electron chi connectivity index (χ1n) is 6.10. The number of nitrogens with zero attached hydrogens (tertiary/aromatic N) is 4. The van der Waals surface area contributed by atoms with Crippen molar-refractivity contribution in [2.75, 3.05) is 5.73 Å². The molecule has 19 heavy (non-hydrogen) atoms. The fourth-order valence-corrected chi connectivity index (χ4v) is 2.20. The van der Waals surface area contributed by atoms with Crippen LogP contribution in [0.2, 0.25) is 0 Å². The lowest BCUT2D eigenvalue weighted by atomic mass is 9.83. The highest BCUT2D eigenvalue weighted by Gasteiger charge is 2.28. The van der Waals surface area contributed by atoms with Crippen LogP contribution in [0.5, 0.6) is 0 Å². The number of rotatable bonds is 2. The predicted octanol–water partition coefficient (Wildman–Crippen LogP) is 2.03. The van der Waals surface area contributed by atoms with Crippen LogP contribution >= 0.6 is 0 Å². The Morgan fingerprint density at radius 1 is 1.05 bits per heavy atom. The molecule has 0 aliphatic rings. The molecule has 3 rings (SSSR count). The van der Waals surface area contributed by atoms with E-state index in [1.807, 2.05) is 34.7 Å². The van der Waals surface area contributed by atoms with Gasteiger partial charge in [-0.15, -0.1) is 10.2 Å². The molecule has 0 bridgehead atoms. The van der Waals surface area contributed by atoms with Gasteiger partial charge in [0.15, 0.2) is 5.65 Å². The summed E-state index contributed by atoms with van der Waals surface area (Å²) in [5.41, 5.74) is 8.16. The molecule has 0 unspecified atom stereocenters. The van der Waals surface area contributed by atoms with Crippen molar-refractivity contribution >= 4 is 11.3 Å². The van der Waals surface area contributed by atoms with Crippen molar-refractivity contribution in [1.29, 1.82) is 0 Å². The molecule has 0 spiro atoms. The third-order valence-corrected chi connectivity index (χ3v) is 3.41. The molecule has 2 aromatic heterocycles. The number of anilines is 1. The van der Waals surface area contributed by atoms with Gasteiger partial charge in [0.1, 0.15) is 12.2 Å². The maximum absolute atomic E-state index is 5.74. The van der Waals surface area contributed by atoms with Crippen LogP contribution in [0.25, 0.3) is 5.65 Å². The van der Waals surface area contributed by atoms with Crippen LogP contribution in [0, 0.1) is 0 Å². The number of benzene rings is 1. The van der Waals surface area contributed by atoms with Gasteiger partial charge in [-0.25, -0.2) is 4.98 Å². The molecule has 0 aliphatic carbocycles. The standard InChI is InChI=1S/C14H15N5/c1-14(2,10-3-5-11(15)6-4-10)13-18-17-12-7-8-16-9-19(12)13/h3-9H,15H2,1-2H3. The van der Waals surface area contributed by atoms with E-state index in [1.54, 1.807) is 12.5 Å². The second-order valence-electron chi connectivity index (χ2n) is 5.08. The van der Waals surface area contributed by atoms with E-state index in [4.69, 9.17) is 5.73 Å². The highest BCUT2D eigenvalue weighted by atomic mass is 15.3. The van der Waals surface area contributed by atoms with Crippen molar-refractivity contribution in [3.05, 3.63) is 54.2 Å². The fraction of sp³-hybridized carbons (Fsp3) is 0.214. The normalized spacial score (nSPS) is 11.9. The Bertz CT molecular complexity index is 712. The second kappa shape index (κ2) is 4.05. The zero-order chi connectivity index (χ0) is 13.5. The molecule has 96 valence electrons. The van der Waals surface area contributed by atoms with E-state index in [0.29, 0.717) is 0 Å². The van der Waals surface area contributed by atoms with Crippen LogP contribution in [0.15, 0.2) is 42.9 Å². The summed E-state index contributed by atoms with van der Waals surface area (Å²) >= 11 is 0. The second-order valence-corrected chi connectivity index (χ2v) is 5.08. The maximum atomic E-state index is 5.74. The zero-order valence-electron chi connectivity index (χ0n) is 10.9. The minimum Gasteiger partial charge on any atom is -0.399 e. The summed E-state index contributed by atoms with van der Waals surface area (Å²) in [5, 5.41) is 8.48. The molecule has 0 amide bonds. The van der Waals surface area contributed by atoms with Crippen molar-refractivity contribution in [2.24, 2.45) is 0 Å². The van der Waals surface area contributed by atoms with Crippen molar-refractivity contribution in [3.63, 3.8) is 0 Å². The predicted molar refractivity (Wildman–Crippen MR) is 73.8 cm³/mol. The lowest BCUT2D eigenvalue weighted by Gasteiger charge is -2.23. The first kappa shape index (κ1) is 11.6. The Balaban J connectivity index is 2.16. The van der Waals surface area contributed by atoms with Crippen LogP contribution in [-0.2, 0) is 5.41 Å². The van der Waals surface area contributed by atoms with Gasteiger partial charge in [0.25, 0.3) is 0 Å². The maximum Gasteiger partial charge on any atom is 0.163 e. The van der Waals surface area contributed by atoms with Crippen LogP contribution in [-0.4, -0.2) is 19.6 Å². The van der Waals surface area contributed by atoms with Gasteiger partial charge in [-0.1, -0.05) is 12.1 Å². The monoisotopic (exact) mass is 253 g/mol. The van der Waals surface area contributed by atoms with E-state index in [9.17, 15) is 0 Å². The minimum absolute atomic E-state index is 0.268. The Hall–Kier alpha value is -2.43. The molecule has 0 atom stereocenters. The summed E-state index contributed by atoms with van der Waals surface area (Å²) < 4.78 is 1.91. The topological polar surface area (TPSA) is 69.1 Å². The van der Waals surface area contributed by atoms with Crippen molar-refractivity contribution in [2.45, 2.75) is 19.3 Å². The minimum atomic E-state index is -0.268. The number of aromatic nitrogens is 4. The third kappa shape index (κ3) is 1.83. The quantitative estimate of drug-likeness (QED) is 0.709. The number of fused-ring (bicyclic) bond motifs is 1. The lowest BCUT2D eigenvalue weighted by molar-refractivity contribution is 0.581. The molecule has 0 saturated carbocycles. The molecule has 3 aromatic rings. The third-order valence-electron chi connectivity index (χ3n) is 3.41. The largest absolute Gasteiger partial charge is 0.399 e. The summed E-state index contributed by atoms with van der Waals surface area (Å²) in [5.74, 6) is 0.861. The summed E-state index contributed by atoms with van der Waals surface area (Å²) in [6, 6.07) is 9.69. The van der Waals surface area contributed by atoms with Crippen molar-refractivity contribution in [1.82, 2.24) is 19.6 Å².